The van der Waals surface area contributed by atoms with Gasteiger partial charge in [0.05, 0.1) is 24.8 Å². The molecular formula is C32H34N4O7S. The van der Waals surface area contributed by atoms with Crippen molar-refractivity contribution in [2.45, 2.75) is 32.4 Å². The molecule has 3 aromatic rings. The number of carbonyl (C=O) groups excluding carboxylic acids is 3. The number of aromatic hydroxyl groups is 2. The van der Waals surface area contributed by atoms with Gasteiger partial charge >= 0.3 is 0 Å². The second-order valence-corrected chi connectivity index (χ2v) is 11.3. The summed E-state index contributed by atoms with van der Waals surface area (Å²) in [5, 5.41) is 22.9. The Labute approximate surface area is 259 Å². The van der Waals surface area contributed by atoms with E-state index in [0.29, 0.717) is 16.8 Å². The molecule has 0 radical (unpaired) electrons. The molecule has 0 aromatic heterocycles. The number of nitrogens with two attached hydrogens (primary N) is 1. The fourth-order valence-electron chi connectivity index (χ4n) is 4.64. The van der Waals surface area contributed by atoms with Gasteiger partial charge in [-0.3, -0.25) is 19.3 Å². The Bertz CT molecular complexity index is 1560. The first kappa shape index (κ1) is 32.0. The minimum atomic E-state index is -1.07. The fraction of sp³-hybridized carbons (Fsp3) is 0.250. The SMILES string of the molecule is COc1cc(C=C2SC(=Nc3ccccc3)N(C(C(=O)NC(Cc3ccc(O)cc3)C(N)=O)C(C)C)C2=O)cc(OC)c1O. The van der Waals surface area contributed by atoms with Crippen molar-refractivity contribution in [3.8, 4) is 23.0 Å². The van der Waals surface area contributed by atoms with Crippen LogP contribution in [0.15, 0.2) is 76.6 Å². The average molecular weight is 619 g/mol. The number of nitrogens with one attached hydrogen (secondary N) is 1. The van der Waals surface area contributed by atoms with Crippen molar-refractivity contribution < 1.29 is 34.1 Å². The minimum absolute atomic E-state index is 0.0663. The summed E-state index contributed by atoms with van der Waals surface area (Å²) in [5.74, 6) is -1.98. The van der Waals surface area contributed by atoms with Crippen LogP contribution in [0.5, 0.6) is 23.0 Å². The van der Waals surface area contributed by atoms with Crippen LogP contribution < -0.4 is 20.5 Å². The number of rotatable bonds is 11. The van der Waals surface area contributed by atoms with Crippen LogP contribution in [0, 0.1) is 5.92 Å². The molecule has 5 N–H and O–H groups in total. The topological polar surface area (TPSA) is 164 Å². The maximum Gasteiger partial charge on any atom is 0.267 e. The Morgan fingerprint density at radius 3 is 2.18 bits per heavy atom. The second-order valence-electron chi connectivity index (χ2n) is 10.3. The number of hydrogen-bond acceptors (Lipinski definition) is 9. The third-order valence-electron chi connectivity index (χ3n) is 6.83. The molecule has 44 heavy (non-hydrogen) atoms. The number of ether oxygens (including phenoxy) is 2. The van der Waals surface area contributed by atoms with E-state index < -0.39 is 35.7 Å². The summed E-state index contributed by atoms with van der Waals surface area (Å²) in [5.41, 5.74) is 7.43. The monoisotopic (exact) mass is 618 g/mol. The number of amidine groups is 1. The maximum atomic E-state index is 14.0. The van der Waals surface area contributed by atoms with Crippen molar-refractivity contribution in [3.05, 3.63) is 82.8 Å². The predicted molar refractivity (Wildman–Crippen MR) is 169 cm³/mol. The zero-order chi connectivity index (χ0) is 32.0. The molecule has 0 aliphatic carbocycles. The van der Waals surface area contributed by atoms with E-state index in [4.69, 9.17) is 20.2 Å². The lowest BCUT2D eigenvalue weighted by Crippen LogP contribution is -2.56. The number of carbonyl (C=O) groups is 3. The number of hydrogen-bond donors (Lipinski definition) is 4. The third-order valence-corrected chi connectivity index (χ3v) is 7.82. The molecule has 2 atom stereocenters. The van der Waals surface area contributed by atoms with E-state index in [0.717, 1.165) is 11.8 Å². The summed E-state index contributed by atoms with van der Waals surface area (Å²) < 4.78 is 10.5. The Morgan fingerprint density at radius 1 is 1.02 bits per heavy atom. The molecule has 1 aliphatic rings. The Balaban J connectivity index is 1.72. The number of primary amides is 1. The van der Waals surface area contributed by atoms with Crippen LogP contribution in [0.25, 0.3) is 6.08 Å². The first-order valence-corrected chi connectivity index (χ1v) is 14.5. The van der Waals surface area contributed by atoms with Crippen LogP contribution in [-0.2, 0) is 20.8 Å². The molecule has 3 aromatic carbocycles. The molecule has 0 saturated carbocycles. The van der Waals surface area contributed by atoms with Crippen LogP contribution in [-0.4, -0.2) is 64.3 Å². The summed E-state index contributed by atoms with van der Waals surface area (Å²) >= 11 is 1.09. The van der Waals surface area contributed by atoms with Gasteiger partial charge in [0.1, 0.15) is 17.8 Å². The van der Waals surface area contributed by atoms with Crippen molar-refractivity contribution in [2.24, 2.45) is 16.6 Å². The van der Waals surface area contributed by atoms with Crippen molar-refractivity contribution in [1.82, 2.24) is 10.2 Å². The van der Waals surface area contributed by atoms with E-state index in [2.05, 4.69) is 5.32 Å². The standard InChI is InChI=1S/C32H34N4O7S/c1-18(2)27(30(40)35-23(29(33)39)14-19-10-12-22(37)13-11-19)36-31(41)26(44-32(36)34-21-8-6-5-7-9-21)17-20-15-24(42-3)28(38)25(16-20)43-4/h5-13,15-18,23,27,37-38H,14H2,1-4H3,(H2,33,39)(H,35,40). The molecule has 1 fully saturated rings. The number of aliphatic imine (C=N–C) groups is 1. The molecule has 0 bridgehead atoms. The molecular weight excluding hydrogens is 584 g/mol. The fourth-order valence-corrected chi connectivity index (χ4v) is 5.66. The summed E-state index contributed by atoms with van der Waals surface area (Å²) in [4.78, 5) is 46.5. The molecule has 11 nitrogen and oxygen atoms in total. The number of phenolic OH excluding ortho intramolecular Hbond substituents is 2. The quantitative estimate of drug-likeness (QED) is 0.235. The van der Waals surface area contributed by atoms with Gasteiger partial charge in [0, 0.05) is 6.42 Å². The molecule has 4 rings (SSSR count). The first-order valence-electron chi connectivity index (χ1n) is 13.7. The van der Waals surface area contributed by atoms with Gasteiger partial charge in [-0.1, -0.05) is 44.2 Å². The van der Waals surface area contributed by atoms with Crippen LogP contribution >= 0.6 is 11.8 Å². The predicted octanol–water partition coefficient (Wildman–Crippen LogP) is 3.96. The number of thioether (sulfide) groups is 1. The summed E-state index contributed by atoms with van der Waals surface area (Å²) in [7, 11) is 2.81. The lowest BCUT2D eigenvalue weighted by Gasteiger charge is -2.30. The average Bonchev–Trinajstić information content (AvgIpc) is 3.28. The van der Waals surface area contributed by atoms with E-state index in [1.807, 2.05) is 18.2 Å². The van der Waals surface area contributed by atoms with Crippen molar-refractivity contribution in [1.29, 1.82) is 0 Å². The lowest BCUT2D eigenvalue weighted by molar-refractivity contribution is -0.136. The third kappa shape index (κ3) is 7.32. The van der Waals surface area contributed by atoms with E-state index in [1.165, 1.54) is 31.3 Å². The number of benzene rings is 3. The molecule has 1 aliphatic heterocycles. The van der Waals surface area contributed by atoms with Crippen molar-refractivity contribution in [3.63, 3.8) is 0 Å². The Morgan fingerprint density at radius 2 is 1.64 bits per heavy atom. The van der Waals surface area contributed by atoms with E-state index in [9.17, 15) is 24.6 Å². The number of amides is 3. The van der Waals surface area contributed by atoms with Gasteiger partial charge in [-0.25, -0.2) is 4.99 Å². The summed E-state index contributed by atoms with van der Waals surface area (Å²) in [6.45, 7) is 3.58. The highest BCUT2D eigenvalue weighted by molar-refractivity contribution is 8.18. The molecule has 1 saturated heterocycles. The lowest BCUT2D eigenvalue weighted by atomic mass is 9.99. The Hall–Kier alpha value is -4.97. The van der Waals surface area contributed by atoms with Gasteiger partial charge in [0.25, 0.3) is 5.91 Å². The van der Waals surface area contributed by atoms with Gasteiger partial charge in [0.2, 0.25) is 17.6 Å². The summed E-state index contributed by atoms with van der Waals surface area (Å²) in [6, 6.07) is 16.2. The van der Waals surface area contributed by atoms with Gasteiger partial charge in [0.15, 0.2) is 16.7 Å². The largest absolute Gasteiger partial charge is 0.508 e. The van der Waals surface area contributed by atoms with Gasteiger partial charge in [-0.15, -0.1) is 0 Å². The molecule has 230 valence electrons. The second kappa shape index (κ2) is 14.0. The van der Waals surface area contributed by atoms with Crippen molar-refractivity contribution in [2.75, 3.05) is 14.2 Å². The molecule has 0 spiro atoms. The van der Waals surface area contributed by atoms with Gasteiger partial charge in [-0.05, 0) is 71.3 Å². The zero-order valence-corrected chi connectivity index (χ0v) is 25.5. The molecule has 12 heteroatoms. The van der Waals surface area contributed by atoms with Crippen LogP contribution in [0.2, 0.25) is 0 Å². The normalized spacial score (nSPS) is 16.3. The summed E-state index contributed by atoms with van der Waals surface area (Å²) in [6.07, 6.45) is 1.69. The van der Waals surface area contributed by atoms with Crippen LogP contribution in [0.4, 0.5) is 5.69 Å². The highest BCUT2D eigenvalue weighted by atomic mass is 32.2. The zero-order valence-electron chi connectivity index (χ0n) is 24.7. The first-order chi connectivity index (χ1) is 21.0. The van der Waals surface area contributed by atoms with E-state index >= 15 is 0 Å². The minimum Gasteiger partial charge on any atom is -0.508 e. The highest BCUT2D eigenvalue weighted by Gasteiger charge is 2.43. The molecule has 2 unspecified atom stereocenters. The smallest absolute Gasteiger partial charge is 0.267 e. The van der Waals surface area contributed by atoms with Crippen LogP contribution in [0.1, 0.15) is 25.0 Å². The van der Waals surface area contributed by atoms with E-state index in [-0.39, 0.29) is 39.5 Å². The number of phenols is 2. The van der Waals surface area contributed by atoms with E-state index in [1.54, 1.807) is 56.3 Å². The maximum absolute atomic E-state index is 14.0. The molecule has 1 heterocycles. The number of methoxy groups -OCH3 is 2. The van der Waals surface area contributed by atoms with Gasteiger partial charge < -0.3 is 30.7 Å². The van der Waals surface area contributed by atoms with Gasteiger partial charge in [-0.2, -0.15) is 0 Å². The van der Waals surface area contributed by atoms with Crippen LogP contribution in [0.3, 0.4) is 0 Å². The van der Waals surface area contributed by atoms with Crippen molar-refractivity contribution >= 4 is 46.4 Å². The molecule has 3 amide bonds. The Kier molecular flexibility index (Phi) is 10.2. The number of para-hydroxylation sites is 1. The number of nitrogens with zero attached hydrogens (tertiary/aromatic N) is 2. The highest BCUT2D eigenvalue weighted by Crippen LogP contribution is 2.41.